The largest absolute Gasteiger partial charge is 0.343 e. The van der Waals surface area contributed by atoms with Crippen LogP contribution in [0.4, 0.5) is 0 Å². The van der Waals surface area contributed by atoms with Gasteiger partial charge in [-0.05, 0) is 0 Å². The highest BCUT2D eigenvalue weighted by Gasteiger charge is 2.32. The first-order valence-electron chi connectivity index (χ1n) is 5.00. The summed E-state index contributed by atoms with van der Waals surface area (Å²) in [5, 5.41) is 0. The second-order valence-corrected chi connectivity index (χ2v) is 5.90. The SMILES string of the molecule is CCN(CCCl)P(=O)(O)N(CC)CCCl. The van der Waals surface area contributed by atoms with Gasteiger partial charge in [0.1, 0.15) is 0 Å². The van der Waals surface area contributed by atoms with Crippen LogP contribution in [0.5, 0.6) is 0 Å². The molecule has 0 aliphatic carbocycles. The van der Waals surface area contributed by atoms with Crippen molar-refractivity contribution in [2.24, 2.45) is 0 Å². The second-order valence-electron chi connectivity index (χ2n) is 2.98. The molecule has 0 radical (unpaired) electrons. The molecule has 0 unspecified atom stereocenters. The summed E-state index contributed by atoms with van der Waals surface area (Å²) in [7, 11) is -3.45. The Hall–Kier alpha value is 0.690. The third-order valence-electron chi connectivity index (χ3n) is 2.15. The van der Waals surface area contributed by atoms with Crippen LogP contribution in [0.25, 0.3) is 0 Å². The summed E-state index contributed by atoms with van der Waals surface area (Å²) < 4.78 is 15.1. The quantitative estimate of drug-likeness (QED) is 0.545. The van der Waals surface area contributed by atoms with Gasteiger partial charge in [0, 0.05) is 37.9 Å². The molecule has 0 bridgehead atoms. The number of hydrogen-bond acceptors (Lipinski definition) is 1. The van der Waals surface area contributed by atoms with Gasteiger partial charge in [-0.1, -0.05) is 13.8 Å². The number of alkyl halides is 2. The third kappa shape index (κ3) is 4.59. The molecule has 0 saturated heterocycles. The molecule has 4 nitrogen and oxygen atoms in total. The Labute approximate surface area is 102 Å². The Kier molecular flexibility index (Phi) is 8.24. The van der Waals surface area contributed by atoms with Gasteiger partial charge < -0.3 is 4.89 Å². The van der Waals surface area contributed by atoms with E-state index in [1.807, 2.05) is 13.8 Å². The fourth-order valence-corrected chi connectivity index (χ4v) is 3.78. The highest BCUT2D eigenvalue weighted by Crippen LogP contribution is 2.48. The first-order valence-corrected chi connectivity index (χ1v) is 7.63. The molecule has 0 aliphatic rings. The van der Waals surface area contributed by atoms with Gasteiger partial charge in [-0.25, -0.2) is 9.34 Å². The van der Waals surface area contributed by atoms with Crippen molar-refractivity contribution in [3.63, 3.8) is 0 Å². The van der Waals surface area contributed by atoms with Crippen LogP contribution in [0.1, 0.15) is 13.8 Å². The summed E-state index contributed by atoms with van der Waals surface area (Å²) in [6, 6.07) is 0. The smallest absolute Gasteiger partial charge is 0.322 e. The zero-order chi connectivity index (χ0) is 11.9. The van der Waals surface area contributed by atoms with Crippen LogP contribution in [0, 0.1) is 0 Å². The molecular formula is C8H19Cl2N2O2P. The van der Waals surface area contributed by atoms with Crippen LogP contribution in [0.3, 0.4) is 0 Å². The van der Waals surface area contributed by atoms with Gasteiger partial charge in [0.2, 0.25) is 0 Å². The zero-order valence-electron chi connectivity index (χ0n) is 9.20. The van der Waals surface area contributed by atoms with Crippen molar-refractivity contribution in [1.82, 2.24) is 9.34 Å². The Morgan fingerprint density at radius 2 is 1.40 bits per heavy atom. The standard InChI is InChI=1S/C8H19Cl2N2O2P/c1-3-11(7-5-9)15(13,14)12(4-2)8-6-10/h3-8H2,1-2H3,(H,13,14). The van der Waals surface area contributed by atoms with Crippen LogP contribution in [0.15, 0.2) is 0 Å². The van der Waals surface area contributed by atoms with Crippen molar-refractivity contribution < 1.29 is 9.46 Å². The van der Waals surface area contributed by atoms with E-state index in [1.165, 1.54) is 9.34 Å². The van der Waals surface area contributed by atoms with E-state index in [0.29, 0.717) is 37.9 Å². The van der Waals surface area contributed by atoms with E-state index in [-0.39, 0.29) is 0 Å². The lowest BCUT2D eigenvalue weighted by molar-refractivity contribution is 0.287. The number of hydrogen-bond donors (Lipinski definition) is 1. The van der Waals surface area contributed by atoms with Gasteiger partial charge in [-0.2, -0.15) is 0 Å². The minimum absolute atomic E-state index is 0.344. The number of rotatable bonds is 8. The fourth-order valence-electron chi connectivity index (χ4n) is 1.32. The van der Waals surface area contributed by atoms with Crippen molar-refractivity contribution >= 4 is 30.9 Å². The zero-order valence-corrected chi connectivity index (χ0v) is 11.6. The van der Waals surface area contributed by atoms with Crippen molar-refractivity contribution in [1.29, 1.82) is 0 Å². The second kappa shape index (κ2) is 7.88. The lowest BCUT2D eigenvalue weighted by Crippen LogP contribution is -2.33. The van der Waals surface area contributed by atoms with Crippen molar-refractivity contribution in [3.05, 3.63) is 0 Å². The number of halogens is 2. The van der Waals surface area contributed by atoms with Crippen LogP contribution in [-0.4, -0.2) is 52.2 Å². The molecule has 7 heteroatoms. The van der Waals surface area contributed by atoms with Crippen LogP contribution in [-0.2, 0) is 4.57 Å². The van der Waals surface area contributed by atoms with E-state index in [1.54, 1.807) is 0 Å². The highest BCUT2D eigenvalue weighted by molar-refractivity contribution is 7.52. The molecule has 0 spiro atoms. The van der Waals surface area contributed by atoms with Crippen LogP contribution >= 0.6 is 30.9 Å². The number of nitrogens with zero attached hydrogens (tertiary/aromatic N) is 2. The fraction of sp³-hybridized carbons (Fsp3) is 1.00. The monoisotopic (exact) mass is 276 g/mol. The van der Waals surface area contributed by atoms with Gasteiger partial charge in [-0.3, -0.25) is 4.57 Å². The molecule has 92 valence electrons. The van der Waals surface area contributed by atoms with Gasteiger partial charge in [0.25, 0.3) is 0 Å². The maximum atomic E-state index is 12.1. The van der Waals surface area contributed by atoms with Gasteiger partial charge in [0.05, 0.1) is 0 Å². The highest BCUT2D eigenvalue weighted by atomic mass is 35.5. The predicted octanol–water partition coefficient (Wildman–Crippen LogP) is 2.21. The van der Waals surface area contributed by atoms with E-state index in [2.05, 4.69) is 0 Å². The molecule has 0 heterocycles. The normalized spacial score (nSPS) is 12.7. The minimum atomic E-state index is -3.45. The molecule has 15 heavy (non-hydrogen) atoms. The summed E-state index contributed by atoms with van der Waals surface area (Å²) in [5.41, 5.74) is 0. The summed E-state index contributed by atoms with van der Waals surface area (Å²) in [5.74, 6) is 0.688. The molecular weight excluding hydrogens is 258 g/mol. The summed E-state index contributed by atoms with van der Waals surface area (Å²) >= 11 is 11.2. The van der Waals surface area contributed by atoms with E-state index in [0.717, 1.165) is 0 Å². The molecule has 0 amide bonds. The first-order chi connectivity index (χ1) is 7.04. The Morgan fingerprint density at radius 1 is 1.07 bits per heavy atom. The lowest BCUT2D eigenvalue weighted by atomic mass is 10.7. The van der Waals surface area contributed by atoms with E-state index in [4.69, 9.17) is 23.2 Å². The minimum Gasteiger partial charge on any atom is -0.322 e. The molecule has 0 aromatic rings. The average molecular weight is 277 g/mol. The van der Waals surface area contributed by atoms with Crippen LogP contribution in [0.2, 0.25) is 0 Å². The van der Waals surface area contributed by atoms with Crippen molar-refractivity contribution in [2.45, 2.75) is 13.8 Å². The molecule has 0 aromatic carbocycles. The Morgan fingerprint density at radius 3 is 1.60 bits per heavy atom. The average Bonchev–Trinajstić information content (AvgIpc) is 2.21. The summed E-state index contributed by atoms with van der Waals surface area (Å²) in [4.78, 5) is 9.99. The van der Waals surface area contributed by atoms with E-state index >= 15 is 0 Å². The lowest BCUT2D eigenvalue weighted by Gasteiger charge is -2.33. The van der Waals surface area contributed by atoms with Crippen molar-refractivity contribution in [2.75, 3.05) is 37.9 Å². The van der Waals surface area contributed by atoms with E-state index in [9.17, 15) is 9.46 Å². The van der Waals surface area contributed by atoms with Gasteiger partial charge in [-0.15, -0.1) is 23.2 Å². The first kappa shape index (κ1) is 15.7. The van der Waals surface area contributed by atoms with Crippen LogP contribution < -0.4 is 0 Å². The Balaban J connectivity index is 4.64. The molecule has 0 atom stereocenters. The molecule has 0 fully saturated rings. The Bertz CT molecular complexity index is 201. The predicted molar refractivity (Wildman–Crippen MR) is 65.8 cm³/mol. The topological polar surface area (TPSA) is 43.8 Å². The maximum Gasteiger partial charge on any atom is 0.343 e. The third-order valence-corrected chi connectivity index (χ3v) is 4.93. The molecule has 0 aliphatic heterocycles. The summed E-state index contributed by atoms with van der Waals surface area (Å²) in [6.45, 7) is 5.49. The molecule has 1 N–H and O–H groups in total. The maximum absolute atomic E-state index is 12.1. The summed E-state index contributed by atoms with van der Waals surface area (Å²) in [6.07, 6.45) is 0. The molecule has 0 aromatic heterocycles. The van der Waals surface area contributed by atoms with Gasteiger partial charge >= 0.3 is 7.67 Å². The van der Waals surface area contributed by atoms with Crippen molar-refractivity contribution in [3.8, 4) is 0 Å². The molecule has 0 rings (SSSR count). The molecule has 0 saturated carbocycles. The van der Waals surface area contributed by atoms with Gasteiger partial charge in [0.15, 0.2) is 0 Å². The van der Waals surface area contributed by atoms with E-state index < -0.39 is 7.67 Å².